The number of halogens is 1. The van der Waals surface area contributed by atoms with Crippen molar-refractivity contribution >= 4 is 23.4 Å². The number of pyridine rings is 2. The summed E-state index contributed by atoms with van der Waals surface area (Å²) < 4.78 is 2.11. The highest BCUT2D eigenvalue weighted by atomic mass is 35.5. The van der Waals surface area contributed by atoms with Gasteiger partial charge in [0, 0.05) is 23.5 Å². The molecule has 156 valence electrons. The molecular weight excluding hydrogens is 440 g/mol. The molecule has 0 amide bonds. The van der Waals surface area contributed by atoms with Crippen LogP contribution in [0.1, 0.15) is 0 Å². The summed E-state index contributed by atoms with van der Waals surface area (Å²) in [5.41, 5.74) is 5.03. The Morgan fingerprint density at radius 1 is 0.812 bits per heavy atom. The highest BCUT2D eigenvalue weighted by molar-refractivity contribution is 7.99. The summed E-state index contributed by atoms with van der Waals surface area (Å²) in [5, 5.41) is 10.3. The number of H-pyrrole nitrogens is 1. The maximum Gasteiger partial charge on any atom is 0.306 e. The Kier molecular flexibility index (Phi) is 5.66. The van der Waals surface area contributed by atoms with Crippen LogP contribution in [0.15, 0.2) is 95.5 Å². The Hall–Kier alpha value is -3.55. The average Bonchev–Trinajstić information content (AvgIpc) is 3.17. The summed E-state index contributed by atoms with van der Waals surface area (Å²) in [6, 6.07) is 20.0. The Labute approximate surface area is 194 Å². The molecular formula is C24H18ClN6S+. The third-order valence-corrected chi connectivity index (χ3v) is 6.34. The van der Waals surface area contributed by atoms with E-state index in [-0.39, 0.29) is 0 Å². The van der Waals surface area contributed by atoms with Crippen molar-refractivity contribution in [2.75, 3.05) is 0 Å². The van der Waals surface area contributed by atoms with Crippen LogP contribution in [-0.2, 0) is 7.05 Å². The number of rotatable bonds is 5. The van der Waals surface area contributed by atoms with E-state index in [9.17, 15) is 0 Å². The Morgan fingerprint density at radius 2 is 1.66 bits per heavy atom. The monoisotopic (exact) mass is 457 g/mol. The summed E-state index contributed by atoms with van der Waals surface area (Å²) in [5.74, 6) is 0.916. The van der Waals surface area contributed by atoms with Crippen molar-refractivity contribution in [2.45, 2.75) is 10.1 Å². The van der Waals surface area contributed by atoms with Crippen molar-refractivity contribution in [3.8, 4) is 33.9 Å². The summed E-state index contributed by atoms with van der Waals surface area (Å²) in [6.07, 6.45) is 6.91. The fourth-order valence-electron chi connectivity index (χ4n) is 3.39. The molecule has 0 fully saturated rings. The quantitative estimate of drug-likeness (QED) is 0.366. The number of aromatic amines is 1. The maximum absolute atomic E-state index is 6.02. The molecule has 0 unspecified atom stereocenters. The number of hydrogen-bond acceptors (Lipinski definition) is 5. The predicted octanol–water partition coefficient (Wildman–Crippen LogP) is 5.22. The van der Waals surface area contributed by atoms with Crippen LogP contribution >= 0.6 is 23.4 Å². The van der Waals surface area contributed by atoms with Gasteiger partial charge in [0.2, 0.25) is 5.03 Å². The molecule has 8 heteroatoms. The number of aromatic nitrogens is 6. The van der Waals surface area contributed by atoms with Gasteiger partial charge in [0.1, 0.15) is 5.03 Å². The van der Waals surface area contributed by atoms with Crippen molar-refractivity contribution in [2.24, 2.45) is 7.05 Å². The first-order chi connectivity index (χ1) is 15.7. The second kappa shape index (κ2) is 8.90. The minimum atomic E-state index is 0.614. The van der Waals surface area contributed by atoms with Gasteiger partial charge in [0.25, 0.3) is 0 Å². The first kappa shape index (κ1) is 20.4. The minimum absolute atomic E-state index is 0.614. The van der Waals surface area contributed by atoms with Crippen LogP contribution in [0.2, 0.25) is 5.02 Å². The largest absolute Gasteiger partial charge is 0.306 e. The third-order valence-electron chi connectivity index (χ3n) is 5.00. The number of nitrogens with one attached hydrogen (secondary N) is 1. The van der Waals surface area contributed by atoms with Gasteiger partial charge in [0.15, 0.2) is 11.4 Å². The Balaban J connectivity index is 1.59. The zero-order valence-corrected chi connectivity index (χ0v) is 18.7. The van der Waals surface area contributed by atoms with Crippen LogP contribution in [0.5, 0.6) is 0 Å². The fraction of sp³-hybridized carbons (Fsp3) is 0.0417. The third kappa shape index (κ3) is 4.12. The van der Waals surface area contributed by atoms with Crippen LogP contribution < -0.4 is 4.57 Å². The van der Waals surface area contributed by atoms with E-state index < -0.39 is 0 Å². The van der Waals surface area contributed by atoms with Crippen LogP contribution in [0.25, 0.3) is 33.9 Å². The Bertz CT molecular complexity index is 1340. The Morgan fingerprint density at radius 3 is 2.34 bits per heavy atom. The smallest absolute Gasteiger partial charge is 0.248 e. The molecule has 32 heavy (non-hydrogen) atoms. The molecule has 0 aliphatic heterocycles. The van der Waals surface area contributed by atoms with E-state index in [1.165, 1.54) is 0 Å². The van der Waals surface area contributed by atoms with E-state index in [1.54, 1.807) is 36.5 Å². The first-order valence-corrected chi connectivity index (χ1v) is 11.1. The highest BCUT2D eigenvalue weighted by Gasteiger charge is 2.26. The molecule has 0 spiro atoms. The maximum atomic E-state index is 6.02. The lowest BCUT2D eigenvalue weighted by Crippen LogP contribution is -2.31. The second-order valence-corrected chi connectivity index (χ2v) is 8.50. The molecule has 4 heterocycles. The van der Waals surface area contributed by atoms with E-state index in [0.717, 1.165) is 44.0 Å². The van der Waals surface area contributed by atoms with Gasteiger partial charge in [0.05, 0.1) is 24.5 Å². The molecule has 1 aromatic carbocycles. The molecule has 0 saturated carbocycles. The van der Waals surface area contributed by atoms with Gasteiger partial charge in [-0.3, -0.25) is 0 Å². The van der Waals surface area contributed by atoms with Gasteiger partial charge in [-0.05, 0) is 59.8 Å². The van der Waals surface area contributed by atoms with E-state index in [4.69, 9.17) is 11.6 Å². The van der Waals surface area contributed by atoms with Gasteiger partial charge in [-0.25, -0.2) is 19.5 Å². The van der Waals surface area contributed by atoms with Gasteiger partial charge < -0.3 is 0 Å². The van der Waals surface area contributed by atoms with Crippen molar-refractivity contribution in [3.05, 3.63) is 90.5 Å². The van der Waals surface area contributed by atoms with Crippen molar-refractivity contribution < 1.29 is 4.57 Å². The second-order valence-electron chi connectivity index (χ2n) is 7.05. The lowest BCUT2D eigenvalue weighted by Gasteiger charge is -2.03. The molecule has 0 aliphatic carbocycles. The van der Waals surface area contributed by atoms with Gasteiger partial charge >= 0.3 is 5.82 Å². The minimum Gasteiger partial charge on any atom is -0.248 e. The van der Waals surface area contributed by atoms with Crippen molar-refractivity contribution in [1.82, 2.24) is 25.1 Å². The normalized spacial score (nSPS) is 10.9. The number of imidazole rings is 1. The lowest BCUT2D eigenvalue weighted by molar-refractivity contribution is -0.695. The van der Waals surface area contributed by atoms with E-state index in [2.05, 4.69) is 54.0 Å². The van der Waals surface area contributed by atoms with Crippen LogP contribution in [0, 0.1) is 0 Å². The van der Waals surface area contributed by atoms with Crippen LogP contribution in [-0.4, -0.2) is 25.1 Å². The molecule has 5 rings (SSSR count). The molecule has 0 atom stereocenters. The molecule has 5 aromatic rings. The van der Waals surface area contributed by atoms with Crippen LogP contribution in [0.3, 0.4) is 0 Å². The fourth-order valence-corrected chi connectivity index (χ4v) is 4.44. The summed E-state index contributed by atoms with van der Waals surface area (Å²) >= 11 is 7.60. The lowest BCUT2D eigenvalue weighted by atomic mass is 10.1. The van der Waals surface area contributed by atoms with Crippen molar-refractivity contribution in [1.29, 1.82) is 0 Å². The number of benzene rings is 1. The summed E-state index contributed by atoms with van der Waals surface area (Å²) in [4.78, 5) is 12.6. The van der Waals surface area contributed by atoms with E-state index in [0.29, 0.717) is 5.02 Å². The first-order valence-electron chi connectivity index (χ1n) is 9.89. The van der Waals surface area contributed by atoms with E-state index >= 15 is 0 Å². The van der Waals surface area contributed by atoms with Crippen LogP contribution in [0.4, 0.5) is 0 Å². The average molecular weight is 458 g/mol. The van der Waals surface area contributed by atoms with Gasteiger partial charge in [-0.1, -0.05) is 29.8 Å². The van der Waals surface area contributed by atoms with Gasteiger partial charge in [-0.15, -0.1) is 0 Å². The zero-order chi connectivity index (χ0) is 21.9. The molecule has 0 bridgehead atoms. The zero-order valence-electron chi connectivity index (χ0n) is 17.1. The molecule has 4 aromatic heterocycles. The molecule has 1 N–H and O–H groups in total. The topological polar surface area (TPSA) is 71.2 Å². The standard InChI is InChI=1S/C24H17ClN6S/c1-31-23(20-4-2-3-12-26-20)30-22(24(31)32-21-10-9-19(25)15-27-21)17-7-5-16(6-8-17)18-11-13-28-29-14-18/h2-15H,1H3/p+1. The SMILES string of the molecule is C[n+]1c(-c2ccccn2)[nH]c(-c2ccc(-c3ccnnc3)cc2)c1Sc1ccc(Cl)cn1. The predicted molar refractivity (Wildman–Crippen MR) is 125 cm³/mol. The number of nitrogens with zero attached hydrogens (tertiary/aromatic N) is 5. The highest BCUT2D eigenvalue weighted by Crippen LogP contribution is 2.35. The summed E-state index contributed by atoms with van der Waals surface area (Å²) in [7, 11) is 2.03. The number of hydrogen-bond donors (Lipinski definition) is 1. The molecule has 0 aliphatic rings. The van der Waals surface area contributed by atoms with E-state index in [1.807, 2.05) is 43.4 Å². The van der Waals surface area contributed by atoms with Crippen molar-refractivity contribution in [3.63, 3.8) is 0 Å². The molecule has 0 saturated heterocycles. The van der Waals surface area contributed by atoms with Gasteiger partial charge in [-0.2, -0.15) is 10.2 Å². The summed E-state index contributed by atoms with van der Waals surface area (Å²) in [6.45, 7) is 0. The molecule has 6 nitrogen and oxygen atoms in total. The molecule has 0 radical (unpaired) electrons.